The van der Waals surface area contributed by atoms with Crippen molar-refractivity contribution in [1.29, 1.82) is 0 Å². The molecule has 14 heavy (non-hydrogen) atoms. The van der Waals surface area contributed by atoms with E-state index in [0.29, 0.717) is 5.92 Å². The van der Waals surface area contributed by atoms with Gasteiger partial charge in [0.25, 0.3) is 0 Å². The van der Waals surface area contributed by atoms with Crippen LogP contribution in [0.5, 0.6) is 0 Å². The maximum absolute atomic E-state index is 5.99. The number of hydrogen-bond donors (Lipinski definition) is 1. The van der Waals surface area contributed by atoms with E-state index in [2.05, 4.69) is 20.4 Å². The third kappa shape index (κ3) is 3.17. The second kappa shape index (κ2) is 5.84. The maximum Gasteiger partial charge on any atom is 0.0318 e. The van der Waals surface area contributed by atoms with E-state index in [4.69, 9.17) is 5.73 Å². The van der Waals surface area contributed by atoms with Crippen LogP contribution < -0.4 is 5.73 Å². The van der Waals surface area contributed by atoms with Crippen LogP contribution in [-0.2, 0) is 0 Å². The summed E-state index contributed by atoms with van der Waals surface area (Å²) < 4.78 is 0. The predicted octanol–water partition coefficient (Wildman–Crippen LogP) is 3.10. The van der Waals surface area contributed by atoms with Gasteiger partial charge in [-0.15, -0.1) is 12.4 Å². The van der Waals surface area contributed by atoms with Gasteiger partial charge in [-0.05, 0) is 17.1 Å². The van der Waals surface area contributed by atoms with Gasteiger partial charge in [0.1, 0.15) is 0 Å². The van der Waals surface area contributed by atoms with Gasteiger partial charge in [-0.2, -0.15) is 0 Å². The van der Waals surface area contributed by atoms with Crippen molar-refractivity contribution in [1.82, 2.24) is 0 Å². The fourth-order valence-corrected chi connectivity index (χ4v) is 1.25. The van der Waals surface area contributed by atoms with Gasteiger partial charge in [0.15, 0.2) is 0 Å². The standard InChI is InChI=1S/C12H17N.ClH/c1-9(2)12(13)10(3)11-7-5-4-6-8-11;/h4-9,12H,3,13H2,1-2H3;1H/t12-;/m0./s1. The Kier molecular flexibility index (Phi) is 5.51. The molecule has 0 amide bonds. The van der Waals surface area contributed by atoms with Crippen molar-refractivity contribution in [2.24, 2.45) is 11.7 Å². The monoisotopic (exact) mass is 211 g/mol. The summed E-state index contributed by atoms with van der Waals surface area (Å²) in [6.45, 7) is 8.24. The van der Waals surface area contributed by atoms with Crippen molar-refractivity contribution in [2.45, 2.75) is 19.9 Å². The van der Waals surface area contributed by atoms with E-state index in [0.717, 1.165) is 11.1 Å². The van der Waals surface area contributed by atoms with E-state index in [1.165, 1.54) is 0 Å². The molecule has 1 aromatic carbocycles. The Morgan fingerprint density at radius 3 is 2.14 bits per heavy atom. The molecule has 0 spiro atoms. The van der Waals surface area contributed by atoms with E-state index in [1.54, 1.807) is 0 Å². The van der Waals surface area contributed by atoms with Crippen LogP contribution >= 0.6 is 12.4 Å². The summed E-state index contributed by atoms with van der Waals surface area (Å²) in [5.74, 6) is 0.438. The first-order valence-corrected chi connectivity index (χ1v) is 4.62. The fourth-order valence-electron chi connectivity index (χ4n) is 1.25. The summed E-state index contributed by atoms with van der Waals surface area (Å²) in [6.07, 6.45) is 0. The first-order valence-electron chi connectivity index (χ1n) is 4.62. The van der Waals surface area contributed by atoms with Crippen molar-refractivity contribution in [3.8, 4) is 0 Å². The Morgan fingerprint density at radius 1 is 1.21 bits per heavy atom. The molecule has 1 nitrogen and oxygen atoms in total. The average Bonchev–Trinajstić information content (AvgIpc) is 2.17. The maximum atomic E-state index is 5.99. The SMILES string of the molecule is C=C(c1ccccc1)[C@@H](N)C(C)C.Cl. The highest BCUT2D eigenvalue weighted by Gasteiger charge is 2.12. The highest BCUT2D eigenvalue weighted by molar-refractivity contribution is 5.85. The van der Waals surface area contributed by atoms with Gasteiger partial charge in [0.2, 0.25) is 0 Å². The molecule has 0 heterocycles. The van der Waals surface area contributed by atoms with Crippen molar-refractivity contribution >= 4 is 18.0 Å². The quantitative estimate of drug-likeness (QED) is 0.817. The summed E-state index contributed by atoms with van der Waals surface area (Å²) in [5, 5.41) is 0. The first kappa shape index (κ1) is 13.2. The minimum Gasteiger partial charge on any atom is -0.324 e. The summed E-state index contributed by atoms with van der Waals surface area (Å²) in [4.78, 5) is 0. The largest absolute Gasteiger partial charge is 0.324 e. The molecule has 0 aliphatic carbocycles. The summed E-state index contributed by atoms with van der Waals surface area (Å²) in [6, 6.07) is 10.2. The molecule has 0 bridgehead atoms. The van der Waals surface area contributed by atoms with Gasteiger partial charge in [-0.1, -0.05) is 50.8 Å². The lowest BCUT2D eigenvalue weighted by Crippen LogP contribution is -2.27. The zero-order valence-corrected chi connectivity index (χ0v) is 9.55. The fraction of sp³-hybridized carbons (Fsp3) is 0.333. The number of rotatable bonds is 3. The Hall–Kier alpha value is -0.790. The number of nitrogens with two attached hydrogens (primary N) is 1. The molecule has 0 aliphatic rings. The third-order valence-corrected chi connectivity index (χ3v) is 2.27. The molecule has 0 saturated carbocycles. The zero-order chi connectivity index (χ0) is 9.84. The van der Waals surface area contributed by atoms with Gasteiger partial charge in [0, 0.05) is 6.04 Å². The van der Waals surface area contributed by atoms with Crippen LogP contribution in [0.4, 0.5) is 0 Å². The van der Waals surface area contributed by atoms with Gasteiger partial charge in [-0.25, -0.2) is 0 Å². The van der Waals surface area contributed by atoms with E-state index < -0.39 is 0 Å². The predicted molar refractivity (Wildman–Crippen MR) is 65.5 cm³/mol. The molecule has 1 rings (SSSR count). The topological polar surface area (TPSA) is 26.0 Å². The lowest BCUT2D eigenvalue weighted by Gasteiger charge is -2.18. The van der Waals surface area contributed by atoms with Crippen molar-refractivity contribution in [2.75, 3.05) is 0 Å². The Balaban J connectivity index is 0.00000169. The highest BCUT2D eigenvalue weighted by Crippen LogP contribution is 2.18. The summed E-state index contributed by atoms with van der Waals surface area (Å²) >= 11 is 0. The minimum atomic E-state index is 0. The third-order valence-electron chi connectivity index (χ3n) is 2.27. The Morgan fingerprint density at radius 2 is 1.71 bits per heavy atom. The zero-order valence-electron chi connectivity index (χ0n) is 8.73. The second-order valence-electron chi connectivity index (χ2n) is 3.66. The molecule has 2 N–H and O–H groups in total. The number of halogens is 1. The molecule has 0 aromatic heterocycles. The highest BCUT2D eigenvalue weighted by atomic mass is 35.5. The normalized spacial score (nSPS) is 12.0. The van der Waals surface area contributed by atoms with Crippen LogP contribution in [0.2, 0.25) is 0 Å². The van der Waals surface area contributed by atoms with Crippen LogP contribution in [0.3, 0.4) is 0 Å². The Labute approximate surface area is 92.4 Å². The smallest absolute Gasteiger partial charge is 0.0318 e. The number of hydrogen-bond acceptors (Lipinski definition) is 1. The molecule has 0 radical (unpaired) electrons. The van der Waals surface area contributed by atoms with Crippen molar-refractivity contribution < 1.29 is 0 Å². The van der Waals surface area contributed by atoms with E-state index >= 15 is 0 Å². The average molecular weight is 212 g/mol. The van der Waals surface area contributed by atoms with E-state index in [9.17, 15) is 0 Å². The molecule has 0 saturated heterocycles. The van der Waals surface area contributed by atoms with Crippen LogP contribution in [-0.4, -0.2) is 6.04 Å². The van der Waals surface area contributed by atoms with Crippen LogP contribution in [0, 0.1) is 5.92 Å². The first-order chi connectivity index (χ1) is 6.13. The van der Waals surface area contributed by atoms with Crippen molar-refractivity contribution in [3.63, 3.8) is 0 Å². The minimum absolute atomic E-state index is 0. The van der Waals surface area contributed by atoms with Crippen LogP contribution in [0.15, 0.2) is 36.9 Å². The van der Waals surface area contributed by atoms with Crippen molar-refractivity contribution in [3.05, 3.63) is 42.5 Å². The number of benzene rings is 1. The molecule has 78 valence electrons. The van der Waals surface area contributed by atoms with Gasteiger partial charge < -0.3 is 5.73 Å². The molecule has 2 heteroatoms. The summed E-state index contributed by atoms with van der Waals surface area (Å²) in [5.41, 5.74) is 8.16. The van der Waals surface area contributed by atoms with Gasteiger partial charge in [0.05, 0.1) is 0 Å². The second-order valence-corrected chi connectivity index (χ2v) is 3.66. The lowest BCUT2D eigenvalue weighted by molar-refractivity contribution is 0.583. The van der Waals surface area contributed by atoms with Gasteiger partial charge in [-0.3, -0.25) is 0 Å². The lowest BCUT2D eigenvalue weighted by atomic mass is 9.93. The summed E-state index contributed by atoms with van der Waals surface area (Å²) in [7, 11) is 0. The van der Waals surface area contributed by atoms with Crippen LogP contribution in [0.1, 0.15) is 19.4 Å². The molecule has 0 fully saturated rings. The van der Waals surface area contributed by atoms with E-state index in [-0.39, 0.29) is 18.4 Å². The van der Waals surface area contributed by atoms with Gasteiger partial charge >= 0.3 is 0 Å². The van der Waals surface area contributed by atoms with Crippen LogP contribution in [0.25, 0.3) is 5.57 Å². The molecular weight excluding hydrogens is 194 g/mol. The molecule has 1 atom stereocenters. The molecule has 0 unspecified atom stereocenters. The molecular formula is C12H18ClN. The van der Waals surface area contributed by atoms with E-state index in [1.807, 2.05) is 30.3 Å². The molecule has 0 aliphatic heterocycles. The Bertz CT molecular complexity index is 280. The molecule has 1 aromatic rings.